The Balaban J connectivity index is 2.41. The van der Waals surface area contributed by atoms with Gasteiger partial charge in [0, 0.05) is 4.47 Å². The first-order valence-corrected chi connectivity index (χ1v) is 8.13. The predicted octanol–water partition coefficient (Wildman–Crippen LogP) is 3.19. The van der Waals surface area contributed by atoms with Crippen molar-refractivity contribution in [1.29, 1.82) is 0 Å². The predicted molar refractivity (Wildman–Crippen MR) is 84.2 cm³/mol. The average molecular weight is 377 g/mol. The highest BCUT2D eigenvalue weighted by molar-refractivity contribution is 9.10. The van der Waals surface area contributed by atoms with Gasteiger partial charge in [0.2, 0.25) is 0 Å². The zero-order valence-electron chi connectivity index (χ0n) is 10.1. The van der Waals surface area contributed by atoms with Crippen LogP contribution in [0.2, 0.25) is 5.02 Å². The lowest BCUT2D eigenvalue weighted by Crippen LogP contribution is -2.17. The van der Waals surface area contributed by atoms with Crippen LogP contribution in [-0.4, -0.2) is 8.42 Å². The summed E-state index contributed by atoms with van der Waals surface area (Å²) in [7, 11) is -3.78. The highest BCUT2D eigenvalue weighted by Gasteiger charge is 2.19. The number of hydrazine groups is 1. The van der Waals surface area contributed by atoms with E-state index in [-0.39, 0.29) is 4.90 Å². The third kappa shape index (κ3) is 3.24. The quantitative estimate of drug-likeness (QED) is 0.565. The molecule has 2 aromatic rings. The van der Waals surface area contributed by atoms with Gasteiger partial charge in [0.25, 0.3) is 10.0 Å². The molecule has 0 aliphatic carbocycles. The van der Waals surface area contributed by atoms with Gasteiger partial charge in [-0.1, -0.05) is 39.7 Å². The summed E-state index contributed by atoms with van der Waals surface area (Å²) in [6.45, 7) is 0. The maximum atomic E-state index is 12.3. The molecule has 0 saturated carbocycles. The first-order valence-electron chi connectivity index (χ1n) is 5.47. The lowest BCUT2D eigenvalue weighted by atomic mass is 10.3. The molecule has 5 nitrogen and oxygen atoms in total. The minimum absolute atomic E-state index is 0.0430. The van der Waals surface area contributed by atoms with E-state index >= 15 is 0 Å². The van der Waals surface area contributed by atoms with Crippen LogP contribution in [0.15, 0.2) is 51.8 Å². The van der Waals surface area contributed by atoms with Crippen LogP contribution in [0.3, 0.4) is 0 Å². The van der Waals surface area contributed by atoms with Gasteiger partial charge in [-0.3, -0.25) is 10.6 Å². The third-order valence-corrected chi connectivity index (χ3v) is 4.74. The fraction of sp³-hybridized carbons (Fsp3) is 0. The van der Waals surface area contributed by atoms with Gasteiger partial charge in [-0.25, -0.2) is 8.42 Å². The van der Waals surface area contributed by atoms with Crippen LogP contribution >= 0.6 is 27.5 Å². The summed E-state index contributed by atoms with van der Waals surface area (Å²) in [5.41, 5.74) is 2.94. The number of hydrogen-bond donors (Lipinski definition) is 3. The van der Waals surface area contributed by atoms with Gasteiger partial charge in [-0.05, 0) is 30.3 Å². The van der Waals surface area contributed by atoms with E-state index in [0.717, 1.165) is 4.47 Å². The van der Waals surface area contributed by atoms with Crippen LogP contribution in [-0.2, 0) is 10.0 Å². The fourth-order valence-corrected chi connectivity index (χ4v) is 3.62. The molecule has 0 radical (unpaired) electrons. The molecular weight excluding hydrogens is 366 g/mol. The molecule has 0 unspecified atom stereocenters. The number of nitrogens with two attached hydrogens (primary N) is 1. The smallest absolute Gasteiger partial charge is 0.264 e. The first kappa shape index (κ1) is 15.1. The second kappa shape index (κ2) is 6.01. The van der Waals surface area contributed by atoms with E-state index in [9.17, 15) is 8.42 Å². The van der Waals surface area contributed by atoms with Crippen molar-refractivity contribution in [3.05, 3.63) is 52.0 Å². The Morgan fingerprint density at radius 3 is 2.45 bits per heavy atom. The van der Waals surface area contributed by atoms with Crippen molar-refractivity contribution in [3.63, 3.8) is 0 Å². The van der Waals surface area contributed by atoms with Gasteiger partial charge in [-0.2, -0.15) is 0 Å². The van der Waals surface area contributed by atoms with Crippen molar-refractivity contribution in [3.8, 4) is 0 Å². The second-order valence-corrected chi connectivity index (χ2v) is 6.84. The number of anilines is 2. The normalized spacial score (nSPS) is 11.2. The highest BCUT2D eigenvalue weighted by atomic mass is 79.9. The van der Waals surface area contributed by atoms with E-state index in [1.807, 2.05) is 0 Å². The molecule has 0 aromatic heterocycles. The molecule has 4 N–H and O–H groups in total. The average Bonchev–Trinajstić information content (AvgIpc) is 2.42. The molecule has 2 rings (SSSR count). The minimum Gasteiger partial charge on any atom is -0.323 e. The minimum atomic E-state index is -3.78. The monoisotopic (exact) mass is 375 g/mol. The molecule has 20 heavy (non-hydrogen) atoms. The van der Waals surface area contributed by atoms with Gasteiger partial charge in [0.15, 0.2) is 0 Å². The fourth-order valence-electron chi connectivity index (χ4n) is 1.59. The first-order chi connectivity index (χ1) is 9.44. The molecule has 0 saturated heterocycles. The number of hydrogen-bond acceptors (Lipinski definition) is 4. The van der Waals surface area contributed by atoms with Crippen LogP contribution in [0.1, 0.15) is 0 Å². The molecule has 0 amide bonds. The summed E-state index contributed by atoms with van der Waals surface area (Å²) in [6, 6.07) is 11.2. The Labute approximate surface area is 130 Å². The van der Waals surface area contributed by atoms with E-state index in [2.05, 4.69) is 26.1 Å². The van der Waals surface area contributed by atoms with Crippen LogP contribution in [0.5, 0.6) is 0 Å². The number of nitrogens with one attached hydrogen (secondary N) is 2. The van der Waals surface area contributed by atoms with Gasteiger partial charge in [0.1, 0.15) is 4.90 Å². The lowest BCUT2D eigenvalue weighted by Gasteiger charge is -2.12. The standard InChI is InChI=1S/C12H11BrClN3O2S/c13-8-5-6-10(9(14)7-8)17-20(18,19)12-4-2-1-3-11(12)16-15/h1-7,16-17H,15H2. The van der Waals surface area contributed by atoms with Crippen LogP contribution in [0.25, 0.3) is 0 Å². The molecule has 2 aromatic carbocycles. The Morgan fingerprint density at radius 1 is 1.10 bits per heavy atom. The lowest BCUT2D eigenvalue weighted by molar-refractivity contribution is 0.601. The van der Waals surface area contributed by atoms with Crippen molar-refractivity contribution >= 4 is 48.9 Å². The second-order valence-electron chi connectivity index (χ2n) is 3.87. The molecule has 8 heteroatoms. The van der Waals surface area contributed by atoms with Crippen molar-refractivity contribution < 1.29 is 8.42 Å². The molecule has 0 fully saturated rings. The summed E-state index contributed by atoms with van der Waals surface area (Å²) in [4.78, 5) is 0.0430. The molecule has 0 spiro atoms. The zero-order valence-corrected chi connectivity index (χ0v) is 13.3. The molecule has 0 atom stereocenters. The highest BCUT2D eigenvalue weighted by Crippen LogP contribution is 2.29. The number of rotatable bonds is 4. The van der Waals surface area contributed by atoms with Crippen LogP contribution in [0.4, 0.5) is 11.4 Å². The van der Waals surface area contributed by atoms with E-state index in [1.165, 1.54) is 6.07 Å². The van der Waals surface area contributed by atoms with E-state index in [0.29, 0.717) is 16.4 Å². The number of para-hydroxylation sites is 1. The Bertz CT molecular complexity index is 737. The van der Waals surface area contributed by atoms with Crippen molar-refractivity contribution in [2.45, 2.75) is 4.90 Å². The van der Waals surface area contributed by atoms with Gasteiger partial charge in [-0.15, -0.1) is 0 Å². The molecule has 106 valence electrons. The van der Waals surface area contributed by atoms with Gasteiger partial charge >= 0.3 is 0 Å². The topological polar surface area (TPSA) is 84.2 Å². The zero-order chi connectivity index (χ0) is 14.8. The van der Waals surface area contributed by atoms with Gasteiger partial charge in [0.05, 0.1) is 16.4 Å². The summed E-state index contributed by atoms with van der Waals surface area (Å²) < 4.78 is 27.9. The molecule has 0 aliphatic heterocycles. The molecule has 0 heterocycles. The van der Waals surface area contributed by atoms with Crippen molar-refractivity contribution in [2.24, 2.45) is 5.84 Å². The van der Waals surface area contributed by atoms with Crippen molar-refractivity contribution in [1.82, 2.24) is 0 Å². The van der Waals surface area contributed by atoms with Gasteiger partial charge < -0.3 is 5.43 Å². The maximum absolute atomic E-state index is 12.3. The molecule has 0 aliphatic rings. The van der Waals surface area contributed by atoms with Crippen LogP contribution in [0, 0.1) is 0 Å². The summed E-state index contributed by atoms with van der Waals surface area (Å²) in [6.07, 6.45) is 0. The summed E-state index contributed by atoms with van der Waals surface area (Å²) in [5, 5.41) is 0.293. The van der Waals surface area contributed by atoms with E-state index in [4.69, 9.17) is 17.4 Å². The van der Waals surface area contributed by atoms with Crippen molar-refractivity contribution in [2.75, 3.05) is 10.1 Å². The number of benzene rings is 2. The Morgan fingerprint density at radius 2 is 1.80 bits per heavy atom. The van der Waals surface area contributed by atoms with Crippen LogP contribution < -0.4 is 16.0 Å². The Kier molecular flexibility index (Phi) is 4.54. The Hall–Kier alpha value is -1.28. The summed E-state index contributed by atoms with van der Waals surface area (Å²) >= 11 is 9.25. The number of halogens is 2. The number of nitrogen functional groups attached to an aromatic ring is 1. The van der Waals surface area contributed by atoms with E-state index in [1.54, 1.807) is 36.4 Å². The molecular formula is C12H11BrClN3O2S. The summed E-state index contributed by atoms with van der Waals surface area (Å²) in [5.74, 6) is 5.32. The largest absolute Gasteiger partial charge is 0.323 e. The SMILES string of the molecule is NNc1ccccc1S(=O)(=O)Nc1ccc(Br)cc1Cl. The molecule has 0 bridgehead atoms. The third-order valence-electron chi connectivity index (χ3n) is 2.51. The maximum Gasteiger partial charge on any atom is 0.264 e. The number of sulfonamides is 1. The van der Waals surface area contributed by atoms with E-state index < -0.39 is 10.0 Å².